The number of aryl methyl sites for hydroxylation is 2. The standard InChI is InChI=1S/C12H8S.C8H10.C2H6/c1-3-7-11-9(5-1)10-6-2-4-8-12(10)13-11;1-7-3-5-8(2)6-4-7;1-2/h1-8H;3-6H,1-2H3;1-2H3. The van der Waals surface area contributed by atoms with Crippen LogP contribution >= 0.6 is 11.3 Å². The highest BCUT2D eigenvalue weighted by Gasteiger charge is 2.01. The quantitative estimate of drug-likeness (QED) is 0.317. The number of hydrogen-bond donors (Lipinski definition) is 0. The SMILES string of the molecule is CC.Cc1ccc(C)cc1.c1ccc2c(c1)sc1ccccc12. The van der Waals surface area contributed by atoms with Crippen LogP contribution in [0.5, 0.6) is 0 Å². The van der Waals surface area contributed by atoms with Gasteiger partial charge in [0.15, 0.2) is 0 Å². The van der Waals surface area contributed by atoms with Crippen molar-refractivity contribution in [3.05, 3.63) is 83.9 Å². The predicted molar refractivity (Wildman–Crippen MR) is 107 cm³/mol. The molecule has 0 radical (unpaired) electrons. The van der Waals surface area contributed by atoms with E-state index in [0.717, 1.165) is 0 Å². The van der Waals surface area contributed by atoms with Gasteiger partial charge in [-0.1, -0.05) is 85.6 Å². The summed E-state index contributed by atoms with van der Waals surface area (Å²) in [7, 11) is 0. The molecule has 0 saturated heterocycles. The van der Waals surface area contributed by atoms with Gasteiger partial charge in [-0.3, -0.25) is 0 Å². The van der Waals surface area contributed by atoms with E-state index in [1.54, 1.807) is 0 Å². The van der Waals surface area contributed by atoms with Gasteiger partial charge in [0.05, 0.1) is 0 Å². The van der Waals surface area contributed by atoms with Gasteiger partial charge in [0.25, 0.3) is 0 Å². The summed E-state index contributed by atoms with van der Waals surface area (Å²) in [4.78, 5) is 0. The normalized spacial score (nSPS) is 9.74. The molecule has 0 bridgehead atoms. The van der Waals surface area contributed by atoms with Crippen LogP contribution in [0.3, 0.4) is 0 Å². The number of thiophene rings is 1. The zero-order valence-corrected chi connectivity index (χ0v) is 15.2. The van der Waals surface area contributed by atoms with Crippen molar-refractivity contribution in [3.8, 4) is 0 Å². The zero-order valence-electron chi connectivity index (χ0n) is 14.3. The van der Waals surface area contributed by atoms with Crippen molar-refractivity contribution < 1.29 is 0 Å². The Morgan fingerprint density at radius 2 is 0.870 bits per heavy atom. The van der Waals surface area contributed by atoms with Gasteiger partial charge in [-0.05, 0) is 26.0 Å². The number of fused-ring (bicyclic) bond motifs is 3. The van der Waals surface area contributed by atoms with E-state index in [0.29, 0.717) is 0 Å². The Labute approximate surface area is 143 Å². The molecule has 23 heavy (non-hydrogen) atoms. The summed E-state index contributed by atoms with van der Waals surface area (Å²) in [6, 6.07) is 25.6. The molecule has 1 heteroatoms. The number of benzene rings is 3. The van der Waals surface area contributed by atoms with Crippen molar-refractivity contribution >= 4 is 31.5 Å². The van der Waals surface area contributed by atoms with Crippen LogP contribution < -0.4 is 0 Å². The molecule has 3 aromatic carbocycles. The second-order valence-corrected chi connectivity index (χ2v) is 6.33. The molecule has 0 nitrogen and oxygen atoms in total. The average Bonchev–Trinajstić information content (AvgIpc) is 2.99. The highest BCUT2D eigenvalue weighted by atomic mass is 32.1. The minimum absolute atomic E-state index is 1.33. The Bertz CT molecular complexity index is 783. The fraction of sp³-hybridized carbons (Fsp3) is 0.182. The Kier molecular flexibility index (Phi) is 6.37. The van der Waals surface area contributed by atoms with Crippen molar-refractivity contribution in [3.63, 3.8) is 0 Å². The van der Waals surface area contributed by atoms with Gasteiger partial charge in [-0.25, -0.2) is 0 Å². The summed E-state index contributed by atoms with van der Waals surface area (Å²) >= 11 is 1.86. The average molecular weight is 321 g/mol. The van der Waals surface area contributed by atoms with Crippen molar-refractivity contribution in [2.24, 2.45) is 0 Å². The lowest BCUT2D eigenvalue weighted by Gasteiger charge is -1.90. The van der Waals surface area contributed by atoms with Gasteiger partial charge in [-0.15, -0.1) is 11.3 Å². The van der Waals surface area contributed by atoms with E-state index in [2.05, 4.69) is 86.6 Å². The molecule has 1 aromatic heterocycles. The smallest absolute Gasteiger partial charge is 0.0355 e. The second-order valence-electron chi connectivity index (χ2n) is 5.25. The van der Waals surface area contributed by atoms with Gasteiger partial charge < -0.3 is 0 Å². The largest absolute Gasteiger partial charge is 0.135 e. The van der Waals surface area contributed by atoms with Crippen molar-refractivity contribution in [1.29, 1.82) is 0 Å². The van der Waals surface area contributed by atoms with Crippen LogP contribution in [0.1, 0.15) is 25.0 Å². The minimum Gasteiger partial charge on any atom is -0.135 e. The van der Waals surface area contributed by atoms with Crippen molar-refractivity contribution in [2.75, 3.05) is 0 Å². The molecular weight excluding hydrogens is 296 g/mol. The predicted octanol–water partition coefficient (Wildman–Crippen LogP) is 7.38. The summed E-state index contributed by atoms with van der Waals surface area (Å²) in [5.41, 5.74) is 2.66. The Morgan fingerprint density at radius 3 is 1.26 bits per heavy atom. The summed E-state index contributed by atoms with van der Waals surface area (Å²) < 4.78 is 2.76. The molecule has 0 aliphatic heterocycles. The summed E-state index contributed by atoms with van der Waals surface area (Å²) in [5.74, 6) is 0. The van der Waals surface area contributed by atoms with E-state index in [4.69, 9.17) is 0 Å². The first-order valence-electron chi connectivity index (χ1n) is 8.13. The van der Waals surface area contributed by atoms with Gasteiger partial charge in [0, 0.05) is 20.2 Å². The molecule has 0 aliphatic rings. The maximum absolute atomic E-state index is 2.19. The van der Waals surface area contributed by atoms with E-state index in [1.807, 2.05) is 25.2 Å². The van der Waals surface area contributed by atoms with Crippen LogP contribution in [-0.4, -0.2) is 0 Å². The molecule has 118 valence electrons. The molecule has 4 aromatic rings. The first-order valence-corrected chi connectivity index (χ1v) is 8.95. The van der Waals surface area contributed by atoms with E-state index in [-0.39, 0.29) is 0 Å². The van der Waals surface area contributed by atoms with E-state index in [9.17, 15) is 0 Å². The van der Waals surface area contributed by atoms with Gasteiger partial charge >= 0.3 is 0 Å². The van der Waals surface area contributed by atoms with Crippen LogP contribution in [0.15, 0.2) is 72.8 Å². The molecule has 0 amide bonds. The molecular formula is C22H24S. The topological polar surface area (TPSA) is 0 Å². The third-order valence-corrected chi connectivity index (χ3v) is 4.65. The van der Waals surface area contributed by atoms with E-state index < -0.39 is 0 Å². The minimum atomic E-state index is 1.33. The highest BCUT2D eigenvalue weighted by Crippen LogP contribution is 2.32. The molecule has 0 unspecified atom stereocenters. The second kappa shape index (κ2) is 8.50. The zero-order chi connectivity index (χ0) is 16.7. The summed E-state index contributed by atoms with van der Waals surface area (Å²) in [6.07, 6.45) is 0. The summed E-state index contributed by atoms with van der Waals surface area (Å²) in [6.45, 7) is 8.19. The summed E-state index contributed by atoms with van der Waals surface area (Å²) in [5, 5.41) is 2.76. The molecule has 0 aliphatic carbocycles. The van der Waals surface area contributed by atoms with Crippen molar-refractivity contribution in [2.45, 2.75) is 27.7 Å². The van der Waals surface area contributed by atoms with Gasteiger partial charge in [-0.2, -0.15) is 0 Å². The Hall–Kier alpha value is -2.12. The number of rotatable bonds is 0. The van der Waals surface area contributed by atoms with Crippen LogP contribution in [0.4, 0.5) is 0 Å². The maximum atomic E-state index is 2.19. The van der Waals surface area contributed by atoms with E-state index in [1.165, 1.54) is 31.3 Å². The molecule has 0 N–H and O–H groups in total. The maximum Gasteiger partial charge on any atom is 0.0355 e. The molecule has 1 heterocycles. The molecule has 4 rings (SSSR count). The van der Waals surface area contributed by atoms with Gasteiger partial charge in [0.1, 0.15) is 0 Å². The Morgan fingerprint density at radius 1 is 0.522 bits per heavy atom. The number of hydrogen-bond acceptors (Lipinski definition) is 1. The fourth-order valence-electron chi connectivity index (χ4n) is 2.31. The molecule has 0 spiro atoms. The third kappa shape index (κ3) is 4.43. The Balaban J connectivity index is 0.000000166. The lowest BCUT2D eigenvalue weighted by Crippen LogP contribution is -1.70. The van der Waals surface area contributed by atoms with Crippen LogP contribution in [0.2, 0.25) is 0 Å². The van der Waals surface area contributed by atoms with Crippen LogP contribution in [0.25, 0.3) is 20.2 Å². The first kappa shape index (κ1) is 17.2. The first-order chi connectivity index (χ1) is 11.2. The lowest BCUT2D eigenvalue weighted by molar-refractivity contribution is 1.40. The molecule has 0 atom stereocenters. The monoisotopic (exact) mass is 320 g/mol. The van der Waals surface area contributed by atoms with E-state index >= 15 is 0 Å². The fourth-order valence-corrected chi connectivity index (χ4v) is 3.42. The lowest BCUT2D eigenvalue weighted by atomic mass is 10.2. The van der Waals surface area contributed by atoms with Gasteiger partial charge in [0.2, 0.25) is 0 Å². The highest BCUT2D eigenvalue weighted by molar-refractivity contribution is 7.25. The third-order valence-electron chi connectivity index (χ3n) is 3.50. The molecule has 0 saturated carbocycles. The molecule has 0 fully saturated rings. The van der Waals surface area contributed by atoms with Crippen molar-refractivity contribution in [1.82, 2.24) is 0 Å². The van der Waals surface area contributed by atoms with Crippen LogP contribution in [-0.2, 0) is 0 Å². The van der Waals surface area contributed by atoms with Crippen LogP contribution in [0, 0.1) is 13.8 Å².